The summed E-state index contributed by atoms with van der Waals surface area (Å²) in [5.74, 6) is 0.589. The first-order valence-electron chi connectivity index (χ1n) is 13.6. The topological polar surface area (TPSA) is 121 Å². The minimum Gasteiger partial charge on any atom is -0.480 e. The lowest BCUT2D eigenvalue weighted by Crippen LogP contribution is -2.35. The Morgan fingerprint density at radius 2 is 2.08 bits per heavy atom. The fraction of sp³-hybridized carbons (Fsp3) is 0.345. The molecule has 1 atom stereocenters. The molecule has 40 heavy (non-hydrogen) atoms. The number of carboxylic acids is 1. The lowest BCUT2D eigenvalue weighted by atomic mass is 10.1. The zero-order valence-corrected chi connectivity index (χ0v) is 22.2. The van der Waals surface area contributed by atoms with Crippen LogP contribution in [0.15, 0.2) is 67.3 Å². The van der Waals surface area contributed by atoms with Crippen LogP contribution in [0.4, 0.5) is 21.7 Å². The summed E-state index contributed by atoms with van der Waals surface area (Å²) in [4.78, 5) is 27.3. The fourth-order valence-corrected chi connectivity index (χ4v) is 4.84. The second-order valence-corrected chi connectivity index (χ2v) is 9.80. The van der Waals surface area contributed by atoms with E-state index in [4.69, 9.17) is 4.98 Å². The van der Waals surface area contributed by atoms with Gasteiger partial charge in [-0.15, -0.1) is 0 Å². The summed E-state index contributed by atoms with van der Waals surface area (Å²) in [6, 6.07) is 13.2. The van der Waals surface area contributed by atoms with Crippen molar-refractivity contribution in [1.29, 1.82) is 0 Å². The molecule has 0 aliphatic carbocycles. The number of anilines is 3. The molecule has 0 amide bonds. The Kier molecular flexibility index (Phi) is 8.79. The molecule has 10 nitrogen and oxygen atoms in total. The van der Waals surface area contributed by atoms with Gasteiger partial charge in [0, 0.05) is 49.5 Å². The van der Waals surface area contributed by atoms with Gasteiger partial charge < -0.3 is 20.6 Å². The highest BCUT2D eigenvalue weighted by molar-refractivity contribution is 5.77. The molecule has 0 saturated carbocycles. The molecule has 1 aromatic carbocycles. The second kappa shape index (κ2) is 13.0. The van der Waals surface area contributed by atoms with Gasteiger partial charge in [-0.05, 0) is 74.4 Å². The molecular formula is C29H33FN8O2. The molecule has 4 aromatic rings. The molecule has 0 spiro atoms. The summed E-state index contributed by atoms with van der Waals surface area (Å²) in [6.07, 6.45) is 9.84. The average molecular weight is 545 g/mol. The third-order valence-corrected chi connectivity index (χ3v) is 6.94. The van der Waals surface area contributed by atoms with E-state index in [1.807, 2.05) is 11.0 Å². The van der Waals surface area contributed by atoms with Gasteiger partial charge in [-0.25, -0.2) is 28.8 Å². The first-order valence-corrected chi connectivity index (χ1v) is 13.6. The number of aromatic nitrogens is 5. The maximum Gasteiger partial charge on any atom is 0.326 e. The number of rotatable bonds is 13. The lowest BCUT2D eigenvalue weighted by Gasteiger charge is -2.27. The quantitative estimate of drug-likeness (QED) is 0.211. The van der Waals surface area contributed by atoms with Gasteiger partial charge >= 0.3 is 5.97 Å². The van der Waals surface area contributed by atoms with Crippen molar-refractivity contribution < 1.29 is 14.3 Å². The SMILES string of the molecule is O=C(O)C(CCN(CCCCc1ccc2c(n1)NCCC2)c1cccc(F)c1)Nc1cc(-n2cccn2)ncn1. The Balaban J connectivity index is 1.20. The van der Waals surface area contributed by atoms with Crippen molar-refractivity contribution in [3.05, 3.63) is 84.3 Å². The number of aryl methyl sites for hydroxylation is 2. The van der Waals surface area contributed by atoms with Crippen LogP contribution in [-0.4, -0.2) is 61.5 Å². The van der Waals surface area contributed by atoms with E-state index in [1.54, 1.807) is 35.3 Å². The molecule has 5 rings (SSSR count). The summed E-state index contributed by atoms with van der Waals surface area (Å²) in [6.45, 7) is 2.04. The molecule has 0 bridgehead atoms. The van der Waals surface area contributed by atoms with Crippen molar-refractivity contribution in [3.63, 3.8) is 0 Å². The molecule has 0 radical (unpaired) electrons. The summed E-state index contributed by atoms with van der Waals surface area (Å²) in [5.41, 5.74) is 3.05. The molecule has 4 heterocycles. The van der Waals surface area contributed by atoms with Gasteiger partial charge in [0.2, 0.25) is 0 Å². The van der Waals surface area contributed by atoms with Gasteiger partial charge in [0.05, 0.1) is 0 Å². The van der Waals surface area contributed by atoms with Crippen molar-refractivity contribution in [2.45, 2.75) is 44.6 Å². The van der Waals surface area contributed by atoms with E-state index >= 15 is 0 Å². The Morgan fingerprint density at radius 3 is 2.90 bits per heavy atom. The van der Waals surface area contributed by atoms with E-state index in [2.05, 4.69) is 37.8 Å². The van der Waals surface area contributed by atoms with E-state index in [9.17, 15) is 14.3 Å². The molecule has 1 aliphatic rings. The van der Waals surface area contributed by atoms with Gasteiger partial charge in [-0.1, -0.05) is 12.1 Å². The smallest absolute Gasteiger partial charge is 0.326 e. The number of hydrogen-bond donors (Lipinski definition) is 3. The van der Waals surface area contributed by atoms with Crippen molar-refractivity contribution >= 4 is 23.3 Å². The van der Waals surface area contributed by atoms with Crippen molar-refractivity contribution in [2.24, 2.45) is 0 Å². The van der Waals surface area contributed by atoms with Crippen molar-refractivity contribution in [1.82, 2.24) is 24.7 Å². The molecule has 0 fully saturated rings. The first-order chi connectivity index (χ1) is 19.5. The zero-order chi connectivity index (χ0) is 27.7. The standard InChI is InChI=1S/C29H33FN8O2/c30-22-7-3-9-24(18-22)37(15-2-1-8-23-11-10-21-6-4-13-31-28(21)35-23)17-12-25(29(39)40)36-26-19-27(33-20-32-26)38-16-5-14-34-38/h3,5,7,9-11,14,16,18-20,25H,1-2,4,6,8,12-13,15,17H2,(H,31,35)(H,39,40)(H,32,33,36). The van der Waals surface area contributed by atoms with Crippen molar-refractivity contribution in [2.75, 3.05) is 35.2 Å². The number of halogens is 1. The zero-order valence-electron chi connectivity index (χ0n) is 22.2. The van der Waals surface area contributed by atoms with Gasteiger partial charge in [0.15, 0.2) is 5.82 Å². The van der Waals surface area contributed by atoms with Crippen LogP contribution in [0.2, 0.25) is 0 Å². The van der Waals surface area contributed by atoms with Gasteiger partial charge in [0.1, 0.15) is 29.8 Å². The highest BCUT2D eigenvalue weighted by Crippen LogP contribution is 2.21. The molecule has 1 unspecified atom stereocenters. The Morgan fingerprint density at radius 1 is 1.15 bits per heavy atom. The Labute approximate surface area is 232 Å². The summed E-state index contributed by atoms with van der Waals surface area (Å²) in [5, 5.41) is 20.5. The third kappa shape index (κ3) is 7.10. The highest BCUT2D eigenvalue weighted by Gasteiger charge is 2.20. The number of carboxylic acid groups (broad SMARTS) is 1. The molecule has 208 valence electrons. The van der Waals surface area contributed by atoms with Crippen LogP contribution in [-0.2, 0) is 17.6 Å². The van der Waals surface area contributed by atoms with E-state index in [1.165, 1.54) is 24.0 Å². The minimum absolute atomic E-state index is 0.283. The number of unbranched alkanes of at least 4 members (excludes halogenated alkanes) is 1. The number of nitrogens with zero attached hydrogens (tertiary/aromatic N) is 6. The van der Waals surface area contributed by atoms with Crippen LogP contribution in [0.1, 0.15) is 36.9 Å². The molecule has 3 N–H and O–H groups in total. The molecule has 1 aliphatic heterocycles. The number of carbonyl (C=O) groups is 1. The van der Waals surface area contributed by atoms with Crippen molar-refractivity contribution in [3.8, 4) is 5.82 Å². The second-order valence-electron chi connectivity index (χ2n) is 9.80. The molecule has 0 saturated heterocycles. The number of nitrogens with one attached hydrogen (secondary N) is 2. The van der Waals surface area contributed by atoms with E-state index in [-0.39, 0.29) is 12.2 Å². The maximum atomic E-state index is 14.1. The van der Waals surface area contributed by atoms with Crippen LogP contribution >= 0.6 is 0 Å². The maximum absolute atomic E-state index is 14.1. The number of aliphatic carboxylic acids is 1. The van der Waals surface area contributed by atoms with Crippen LogP contribution < -0.4 is 15.5 Å². The monoisotopic (exact) mass is 544 g/mol. The molecule has 11 heteroatoms. The normalized spacial score (nSPS) is 13.2. The fourth-order valence-electron chi connectivity index (χ4n) is 4.84. The van der Waals surface area contributed by atoms with Crippen LogP contribution in [0, 0.1) is 5.82 Å². The van der Waals surface area contributed by atoms with Gasteiger partial charge in [-0.2, -0.15) is 5.10 Å². The van der Waals surface area contributed by atoms with E-state index in [0.29, 0.717) is 24.7 Å². The summed E-state index contributed by atoms with van der Waals surface area (Å²) in [7, 11) is 0. The van der Waals surface area contributed by atoms with Crippen LogP contribution in [0.5, 0.6) is 0 Å². The number of pyridine rings is 1. The Hall–Kier alpha value is -4.54. The summed E-state index contributed by atoms with van der Waals surface area (Å²) < 4.78 is 15.6. The van der Waals surface area contributed by atoms with Crippen LogP contribution in [0.25, 0.3) is 5.82 Å². The van der Waals surface area contributed by atoms with Gasteiger partial charge in [0.25, 0.3) is 0 Å². The number of benzene rings is 1. The largest absolute Gasteiger partial charge is 0.480 e. The number of fused-ring (bicyclic) bond motifs is 1. The molecule has 3 aromatic heterocycles. The first kappa shape index (κ1) is 27.0. The Bertz CT molecular complexity index is 1410. The average Bonchev–Trinajstić information content (AvgIpc) is 3.51. The highest BCUT2D eigenvalue weighted by atomic mass is 19.1. The third-order valence-electron chi connectivity index (χ3n) is 6.94. The van der Waals surface area contributed by atoms with Crippen LogP contribution in [0.3, 0.4) is 0 Å². The summed E-state index contributed by atoms with van der Waals surface area (Å²) >= 11 is 0. The predicted octanol–water partition coefficient (Wildman–Crippen LogP) is 4.34. The predicted molar refractivity (Wildman–Crippen MR) is 151 cm³/mol. The number of hydrogen-bond acceptors (Lipinski definition) is 8. The minimum atomic E-state index is -0.995. The van der Waals surface area contributed by atoms with Gasteiger partial charge in [-0.3, -0.25) is 0 Å². The van der Waals surface area contributed by atoms with E-state index < -0.39 is 12.0 Å². The lowest BCUT2D eigenvalue weighted by molar-refractivity contribution is -0.138. The molecular weight excluding hydrogens is 511 g/mol. The van der Waals surface area contributed by atoms with E-state index in [0.717, 1.165) is 55.8 Å².